The summed E-state index contributed by atoms with van der Waals surface area (Å²) in [5.74, 6) is -0.293. The van der Waals surface area contributed by atoms with Crippen LogP contribution in [0.1, 0.15) is 30.4 Å². The quantitative estimate of drug-likeness (QED) is 0.594. The Kier molecular flexibility index (Phi) is 4.99. The first kappa shape index (κ1) is 17.3. The average molecular weight is 344 g/mol. The first-order valence-electron chi connectivity index (χ1n) is 6.90. The molecule has 0 aliphatic heterocycles. The van der Waals surface area contributed by atoms with Crippen molar-refractivity contribution in [1.82, 2.24) is 0 Å². The van der Waals surface area contributed by atoms with E-state index in [4.69, 9.17) is 0 Å². The third-order valence-corrected chi connectivity index (χ3v) is 4.36. The van der Waals surface area contributed by atoms with Gasteiger partial charge in [0.25, 0.3) is 0 Å². The highest BCUT2D eigenvalue weighted by atomic mass is 32.2. The fraction of sp³-hybridized carbons (Fsp3) is 0.250. The molecule has 0 aliphatic carbocycles. The summed E-state index contributed by atoms with van der Waals surface area (Å²) in [5, 5.41) is 0. The predicted molar refractivity (Wildman–Crippen MR) is 80.6 cm³/mol. The molecule has 0 bridgehead atoms. The molecule has 0 fully saturated rings. The van der Waals surface area contributed by atoms with Gasteiger partial charge in [-0.2, -0.15) is 21.6 Å². The molecular weight excluding hydrogens is 329 g/mol. The Morgan fingerprint density at radius 3 is 1.96 bits per heavy atom. The molecule has 2 aromatic carbocycles. The third kappa shape index (κ3) is 4.04. The lowest BCUT2D eigenvalue weighted by atomic mass is 9.89. The minimum Gasteiger partial charge on any atom is -0.376 e. The minimum absolute atomic E-state index is 0.0736. The maximum Gasteiger partial charge on any atom is 0.534 e. The fourth-order valence-corrected chi connectivity index (χ4v) is 2.74. The van der Waals surface area contributed by atoms with Gasteiger partial charge in [0, 0.05) is 5.92 Å². The van der Waals surface area contributed by atoms with Gasteiger partial charge in [-0.15, -0.1) is 0 Å². The molecule has 0 unspecified atom stereocenters. The lowest BCUT2D eigenvalue weighted by Crippen LogP contribution is -2.28. The molecular formula is C16H15F3O3S. The first-order valence-corrected chi connectivity index (χ1v) is 8.31. The number of rotatable bonds is 5. The predicted octanol–water partition coefficient (Wildman–Crippen LogP) is 4.46. The van der Waals surface area contributed by atoms with Crippen molar-refractivity contribution < 1.29 is 25.8 Å². The number of benzene rings is 2. The van der Waals surface area contributed by atoms with E-state index in [0.717, 1.165) is 17.5 Å². The molecule has 0 amide bonds. The van der Waals surface area contributed by atoms with Crippen LogP contribution in [-0.4, -0.2) is 13.9 Å². The maximum absolute atomic E-state index is 12.3. The van der Waals surface area contributed by atoms with E-state index in [1.807, 2.05) is 37.3 Å². The molecule has 0 N–H and O–H groups in total. The third-order valence-electron chi connectivity index (χ3n) is 3.38. The van der Waals surface area contributed by atoms with E-state index in [2.05, 4.69) is 4.18 Å². The highest BCUT2D eigenvalue weighted by Crippen LogP contribution is 2.31. The van der Waals surface area contributed by atoms with Crippen molar-refractivity contribution in [2.45, 2.75) is 24.8 Å². The van der Waals surface area contributed by atoms with Gasteiger partial charge in [-0.3, -0.25) is 0 Å². The summed E-state index contributed by atoms with van der Waals surface area (Å²) < 4.78 is 62.9. The molecule has 0 radical (unpaired) electrons. The van der Waals surface area contributed by atoms with Crippen LogP contribution in [0, 0.1) is 0 Å². The van der Waals surface area contributed by atoms with E-state index < -0.39 is 15.6 Å². The van der Waals surface area contributed by atoms with Gasteiger partial charge in [0.15, 0.2) is 0 Å². The van der Waals surface area contributed by atoms with E-state index >= 15 is 0 Å². The van der Waals surface area contributed by atoms with Gasteiger partial charge in [-0.1, -0.05) is 49.4 Å². The smallest absolute Gasteiger partial charge is 0.376 e. The number of hydrogen-bond donors (Lipinski definition) is 0. The van der Waals surface area contributed by atoms with Crippen LogP contribution in [0.15, 0.2) is 54.6 Å². The SMILES string of the molecule is CC[C@H](c1ccccc1)c1ccc(OS(=O)(=O)C(F)(F)F)cc1. The Balaban J connectivity index is 2.23. The summed E-state index contributed by atoms with van der Waals surface area (Å²) >= 11 is 0. The molecule has 3 nitrogen and oxygen atoms in total. The molecule has 7 heteroatoms. The topological polar surface area (TPSA) is 43.4 Å². The second-order valence-electron chi connectivity index (χ2n) is 4.92. The van der Waals surface area contributed by atoms with E-state index in [0.29, 0.717) is 0 Å². The average Bonchev–Trinajstić information content (AvgIpc) is 2.49. The standard InChI is InChI=1S/C16H15F3O3S/c1-2-15(12-6-4-3-5-7-12)13-8-10-14(11-9-13)22-23(20,21)16(17,18)19/h3-11,15H,2H2,1H3/t15-/m1/s1. The highest BCUT2D eigenvalue weighted by Gasteiger charge is 2.48. The van der Waals surface area contributed by atoms with Crippen LogP contribution in [-0.2, 0) is 10.1 Å². The van der Waals surface area contributed by atoms with E-state index in [9.17, 15) is 21.6 Å². The zero-order valence-electron chi connectivity index (χ0n) is 12.2. The van der Waals surface area contributed by atoms with Crippen LogP contribution in [0.4, 0.5) is 13.2 Å². The van der Waals surface area contributed by atoms with Crippen molar-refractivity contribution in [1.29, 1.82) is 0 Å². The van der Waals surface area contributed by atoms with Crippen molar-refractivity contribution in [3.05, 3.63) is 65.7 Å². The minimum atomic E-state index is -5.64. The molecule has 0 aromatic heterocycles. The van der Waals surface area contributed by atoms with Crippen LogP contribution in [0.3, 0.4) is 0 Å². The van der Waals surface area contributed by atoms with E-state index in [-0.39, 0.29) is 11.7 Å². The lowest BCUT2D eigenvalue weighted by molar-refractivity contribution is -0.0500. The summed E-state index contributed by atoms with van der Waals surface area (Å²) in [7, 11) is -5.64. The molecule has 0 spiro atoms. The monoisotopic (exact) mass is 344 g/mol. The Morgan fingerprint density at radius 2 is 1.48 bits per heavy atom. The fourth-order valence-electron chi connectivity index (χ4n) is 2.28. The van der Waals surface area contributed by atoms with Crippen LogP contribution < -0.4 is 4.18 Å². The number of halogens is 3. The molecule has 0 saturated heterocycles. The van der Waals surface area contributed by atoms with Gasteiger partial charge >= 0.3 is 15.6 Å². The van der Waals surface area contributed by atoms with Gasteiger partial charge in [0.05, 0.1) is 0 Å². The molecule has 1 atom stereocenters. The number of hydrogen-bond acceptors (Lipinski definition) is 3. The summed E-state index contributed by atoms with van der Waals surface area (Å²) in [4.78, 5) is 0. The van der Waals surface area contributed by atoms with E-state index in [1.165, 1.54) is 12.1 Å². The van der Waals surface area contributed by atoms with E-state index in [1.54, 1.807) is 12.1 Å². The van der Waals surface area contributed by atoms with Crippen molar-refractivity contribution >= 4 is 10.1 Å². The van der Waals surface area contributed by atoms with Crippen molar-refractivity contribution in [3.63, 3.8) is 0 Å². The summed E-state index contributed by atoms with van der Waals surface area (Å²) in [5.41, 5.74) is -3.50. The maximum atomic E-state index is 12.3. The van der Waals surface area contributed by atoms with Gasteiger partial charge in [0.2, 0.25) is 0 Å². The summed E-state index contributed by atoms with van der Waals surface area (Å²) in [6, 6.07) is 15.2. The first-order chi connectivity index (χ1) is 10.7. The summed E-state index contributed by atoms with van der Waals surface area (Å²) in [6.07, 6.45) is 0.797. The van der Waals surface area contributed by atoms with Crippen molar-refractivity contribution in [3.8, 4) is 5.75 Å². The highest BCUT2D eigenvalue weighted by molar-refractivity contribution is 7.87. The molecule has 2 aromatic rings. The summed E-state index contributed by atoms with van der Waals surface area (Å²) in [6.45, 7) is 2.00. The number of alkyl halides is 3. The van der Waals surface area contributed by atoms with Crippen molar-refractivity contribution in [2.24, 2.45) is 0 Å². The second kappa shape index (κ2) is 6.62. The Labute approximate surface area is 132 Å². The molecule has 0 aliphatic rings. The zero-order chi connectivity index (χ0) is 17.1. The van der Waals surface area contributed by atoms with Gasteiger partial charge in [-0.05, 0) is 29.7 Å². The lowest BCUT2D eigenvalue weighted by Gasteiger charge is -2.16. The Morgan fingerprint density at radius 1 is 0.957 bits per heavy atom. The Hall–Kier alpha value is -2.02. The van der Waals surface area contributed by atoms with Gasteiger partial charge in [-0.25, -0.2) is 0 Å². The van der Waals surface area contributed by atoms with Crippen LogP contribution in [0.25, 0.3) is 0 Å². The van der Waals surface area contributed by atoms with Gasteiger partial charge < -0.3 is 4.18 Å². The molecule has 124 valence electrons. The van der Waals surface area contributed by atoms with Crippen LogP contribution in [0.5, 0.6) is 5.75 Å². The van der Waals surface area contributed by atoms with Crippen LogP contribution >= 0.6 is 0 Å². The largest absolute Gasteiger partial charge is 0.534 e. The molecule has 0 heterocycles. The zero-order valence-corrected chi connectivity index (χ0v) is 13.1. The molecule has 0 saturated carbocycles. The molecule has 2 rings (SSSR count). The second-order valence-corrected chi connectivity index (χ2v) is 6.46. The Bertz CT molecular complexity index is 738. The van der Waals surface area contributed by atoms with Gasteiger partial charge in [0.1, 0.15) is 5.75 Å². The normalized spacial score (nSPS) is 13.6. The molecule has 23 heavy (non-hydrogen) atoms. The van der Waals surface area contributed by atoms with Crippen LogP contribution in [0.2, 0.25) is 0 Å². The van der Waals surface area contributed by atoms with Crippen molar-refractivity contribution in [2.75, 3.05) is 0 Å².